The molecule has 42 heavy (non-hydrogen) atoms. The van der Waals surface area contributed by atoms with Crippen LogP contribution >= 0.6 is 0 Å². The third-order valence-corrected chi connectivity index (χ3v) is 8.26. The number of hydrogen-bond donors (Lipinski definition) is 1. The van der Waals surface area contributed by atoms with Crippen LogP contribution in [0.4, 0.5) is 10.1 Å². The summed E-state index contributed by atoms with van der Waals surface area (Å²) in [7, 11) is -2.24. The van der Waals surface area contributed by atoms with Gasteiger partial charge >= 0.3 is 0 Å². The van der Waals surface area contributed by atoms with E-state index in [1.54, 1.807) is 42.5 Å². The Balaban J connectivity index is 1.91. The van der Waals surface area contributed by atoms with Crippen molar-refractivity contribution in [3.05, 3.63) is 95.8 Å². The smallest absolute Gasteiger partial charge is 0.243 e. The Morgan fingerprint density at radius 2 is 1.62 bits per heavy atom. The van der Waals surface area contributed by atoms with E-state index < -0.39 is 21.9 Å². The second-order valence-electron chi connectivity index (χ2n) is 10.2. The highest BCUT2D eigenvalue weighted by Gasteiger charge is 2.31. The number of nitrogens with zero attached hydrogens (tertiary/aromatic N) is 2. The lowest BCUT2D eigenvalue weighted by Gasteiger charge is -2.33. The first kappa shape index (κ1) is 32.6. The largest absolute Gasteiger partial charge is 0.495 e. The van der Waals surface area contributed by atoms with Crippen molar-refractivity contribution in [3.8, 4) is 5.75 Å². The highest BCUT2D eigenvalue weighted by Crippen LogP contribution is 2.30. The van der Waals surface area contributed by atoms with Gasteiger partial charge in [0.15, 0.2) is 0 Å². The van der Waals surface area contributed by atoms with E-state index in [9.17, 15) is 22.4 Å². The highest BCUT2D eigenvalue weighted by atomic mass is 32.2. The Bertz CT molecular complexity index is 1430. The molecule has 0 unspecified atom stereocenters. The van der Waals surface area contributed by atoms with Gasteiger partial charge in [-0.1, -0.05) is 67.6 Å². The third kappa shape index (κ3) is 9.04. The molecule has 0 radical (unpaired) electrons. The SMILES string of the molecule is CC[C@@H](C)NC(=O)[C@@H](Cc1ccccc1)N(Cc1ccccc1F)C(=O)CCCN(c1ccccc1OC)S(C)(=O)=O. The number of anilines is 1. The van der Waals surface area contributed by atoms with E-state index >= 15 is 0 Å². The summed E-state index contributed by atoms with van der Waals surface area (Å²) in [5, 5.41) is 2.99. The van der Waals surface area contributed by atoms with E-state index in [0.29, 0.717) is 17.9 Å². The summed E-state index contributed by atoms with van der Waals surface area (Å²) in [6.45, 7) is 3.74. The number of benzene rings is 3. The van der Waals surface area contributed by atoms with Crippen molar-refractivity contribution in [2.75, 3.05) is 24.2 Å². The van der Waals surface area contributed by atoms with Gasteiger partial charge in [0.1, 0.15) is 17.6 Å². The minimum atomic E-state index is -3.70. The van der Waals surface area contributed by atoms with Gasteiger partial charge in [-0.25, -0.2) is 12.8 Å². The maximum Gasteiger partial charge on any atom is 0.243 e. The number of rotatable bonds is 15. The first-order chi connectivity index (χ1) is 20.0. The molecule has 2 atom stereocenters. The van der Waals surface area contributed by atoms with Crippen LogP contribution in [0.15, 0.2) is 78.9 Å². The zero-order valence-electron chi connectivity index (χ0n) is 24.6. The van der Waals surface area contributed by atoms with E-state index in [-0.39, 0.29) is 55.8 Å². The lowest BCUT2D eigenvalue weighted by molar-refractivity contribution is -0.141. The molecule has 0 aromatic heterocycles. The summed E-state index contributed by atoms with van der Waals surface area (Å²) in [5.41, 5.74) is 1.51. The monoisotopic (exact) mass is 597 g/mol. The molecule has 10 heteroatoms. The quantitative estimate of drug-likeness (QED) is 0.268. The summed E-state index contributed by atoms with van der Waals surface area (Å²) in [5.74, 6) is -0.799. The number of amides is 2. The molecule has 0 saturated heterocycles. The van der Waals surface area contributed by atoms with Gasteiger partial charge in [0.05, 0.1) is 19.1 Å². The van der Waals surface area contributed by atoms with Crippen molar-refractivity contribution in [2.24, 2.45) is 0 Å². The molecule has 1 N–H and O–H groups in total. The Morgan fingerprint density at radius 3 is 2.26 bits per heavy atom. The van der Waals surface area contributed by atoms with Gasteiger partial charge in [-0.3, -0.25) is 13.9 Å². The van der Waals surface area contributed by atoms with Gasteiger partial charge in [0, 0.05) is 37.5 Å². The van der Waals surface area contributed by atoms with Crippen molar-refractivity contribution in [2.45, 2.75) is 58.2 Å². The van der Waals surface area contributed by atoms with Crippen molar-refractivity contribution < 1.29 is 27.1 Å². The van der Waals surface area contributed by atoms with E-state index in [4.69, 9.17) is 4.74 Å². The fourth-order valence-corrected chi connectivity index (χ4v) is 5.59. The topological polar surface area (TPSA) is 96.0 Å². The molecule has 3 aromatic carbocycles. The summed E-state index contributed by atoms with van der Waals surface area (Å²) >= 11 is 0. The van der Waals surface area contributed by atoms with Crippen LogP contribution in [0.2, 0.25) is 0 Å². The molecular formula is C32H40FN3O5S. The standard InChI is InChI=1S/C32H40FN3O5S/c1-5-24(2)34-32(38)29(22-25-14-7-6-8-15-25)35(23-26-16-9-10-17-27(26)33)31(37)20-13-21-36(42(4,39)40)28-18-11-12-19-30(28)41-3/h6-12,14-19,24,29H,5,13,20-23H2,1-4H3,(H,34,38)/t24-,29-/m1/s1. The van der Waals surface area contributed by atoms with Gasteiger partial charge in [-0.05, 0) is 43.5 Å². The Kier molecular flexibility index (Phi) is 11.9. The first-order valence-corrected chi connectivity index (χ1v) is 15.9. The van der Waals surface area contributed by atoms with Crippen LogP contribution in [0.25, 0.3) is 0 Å². The Hall–Kier alpha value is -3.92. The molecule has 8 nitrogen and oxygen atoms in total. The van der Waals surface area contributed by atoms with Gasteiger partial charge in [0.2, 0.25) is 21.8 Å². The second kappa shape index (κ2) is 15.3. The Morgan fingerprint density at radius 1 is 0.976 bits per heavy atom. The number of sulfonamides is 1. The molecule has 0 heterocycles. The molecule has 0 aliphatic rings. The van der Waals surface area contributed by atoms with Crippen molar-refractivity contribution in [3.63, 3.8) is 0 Å². The van der Waals surface area contributed by atoms with Crippen LogP contribution in [0.5, 0.6) is 5.75 Å². The summed E-state index contributed by atoms with van der Waals surface area (Å²) in [4.78, 5) is 28.9. The fraction of sp³-hybridized carbons (Fsp3) is 0.375. The molecule has 0 aliphatic heterocycles. The fourth-order valence-electron chi connectivity index (χ4n) is 4.62. The van der Waals surface area contributed by atoms with E-state index in [2.05, 4.69) is 5.32 Å². The molecule has 226 valence electrons. The molecule has 3 aromatic rings. The molecule has 0 saturated carbocycles. The number of nitrogens with one attached hydrogen (secondary N) is 1. The minimum Gasteiger partial charge on any atom is -0.495 e. The Labute approximate surface area is 248 Å². The van der Waals surface area contributed by atoms with E-state index in [0.717, 1.165) is 11.8 Å². The lowest BCUT2D eigenvalue weighted by Crippen LogP contribution is -2.52. The molecule has 3 rings (SSSR count). The van der Waals surface area contributed by atoms with Crippen molar-refractivity contribution >= 4 is 27.5 Å². The summed E-state index contributed by atoms with van der Waals surface area (Å²) in [6.07, 6.45) is 2.15. The average molecular weight is 598 g/mol. The zero-order valence-corrected chi connectivity index (χ0v) is 25.4. The second-order valence-corrected chi connectivity index (χ2v) is 12.2. The number of halogens is 1. The number of carbonyl (C=O) groups excluding carboxylic acids is 2. The molecule has 0 bridgehead atoms. The van der Waals surface area contributed by atoms with Crippen LogP contribution in [0.3, 0.4) is 0 Å². The lowest BCUT2D eigenvalue weighted by atomic mass is 10.0. The van der Waals surface area contributed by atoms with E-state index in [1.165, 1.54) is 22.4 Å². The number of para-hydroxylation sites is 2. The molecule has 2 amide bonds. The van der Waals surface area contributed by atoms with Crippen molar-refractivity contribution in [1.29, 1.82) is 0 Å². The van der Waals surface area contributed by atoms with Crippen LogP contribution in [-0.4, -0.2) is 57.1 Å². The minimum absolute atomic E-state index is 0.0148. The van der Waals surface area contributed by atoms with Gasteiger partial charge in [-0.15, -0.1) is 0 Å². The van der Waals surface area contributed by atoms with Gasteiger partial charge < -0.3 is 15.0 Å². The van der Waals surface area contributed by atoms with Crippen LogP contribution in [-0.2, 0) is 32.6 Å². The predicted octanol–water partition coefficient (Wildman–Crippen LogP) is 4.94. The molecular weight excluding hydrogens is 557 g/mol. The molecule has 0 aliphatic carbocycles. The third-order valence-electron chi connectivity index (χ3n) is 7.08. The number of methoxy groups -OCH3 is 1. The summed E-state index contributed by atoms with van der Waals surface area (Å²) in [6, 6.07) is 21.2. The van der Waals surface area contributed by atoms with Gasteiger partial charge in [-0.2, -0.15) is 0 Å². The van der Waals surface area contributed by atoms with Crippen LogP contribution < -0.4 is 14.4 Å². The average Bonchev–Trinajstić information content (AvgIpc) is 2.97. The zero-order chi connectivity index (χ0) is 30.7. The molecule has 0 spiro atoms. The number of carbonyl (C=O) groups is 2. The summed E-state index contributed by atoms with van der Waals surface area (Å²) < 4.78 is 46.8. The van der Waals surface area contributed by atoms with Crippen molar-refractivity contribution in [1.82, 2.24) is 10.2 Å². The highest BCUT2D eigenvalue weighted by molar-refractivity contribution is 7.92. The first-order valence-electron chi connectivity index (χ1n) is 14.0. The molecule has 0 fully saturated rings. The maximum atomic E-state index is 14.8. The van der Waals surface area contributed by atoms with Crippen LogP contribution in [0.1, 0.15) is 44.2 Å². The number of ether oxygens (including phenoxy) is 1. The maximum absolute atomic E-state index is 14.8. The predicted molar refractivity (Wildman–Crippen MR) is 163 cm³/mol. The normalized spacial score (nSPS) is 12.7. The van der Waals surface area contributed by atoms with Crippen LogP contribution in [0, 0.1) is 5.82 Å². The number of hydrogen-bond acceptors (Lipinski definition) is 5. The van der Waals surface area contributed by atoms with E-state index in [1.807, 2.05) is 44.2 Å². The van der Waals surface area contributed by atoms with Gasteiger partial charge in [0.25, 0.3) is 0 Å².